The van der Waals surface area contributed by atoms with E-state index in [-0.39, 0.29) is 12.3 Å². The molecule has 0 bridgehead atoms. The molecule has 4 nitrogen and oxygen atoms in total. The molecular formula is C12H19N3O. The van der Waals surface area contributed by atoms with Crippen LogP contribution in [0.15, 0.2) is 24.3 Å². The first-order valence-electron chi connectivity index (χ1n) is 5.25. The zero-order chi connectivity index (χ0) is 12.1. The fourth-order valence-electron chi connectivity index (χ4n) is 1.43. The summed E-state index contributed by atoms with van der Waals surface area (Å²) >= 11 is 0. The van der Waals surface area contributed by atoms with Crippen molar-refractivity contribution in [3.05, 3.63) is 24.3 Å². The van der Waals surface area contributed by atoms with Gasteiger partial charge in [-0.15, -0.1) is 0 Å². The monoisotopic (exact) mass is 221 g/mol. The minimum atomic E-state index is 0.0409. The Bertz CT molecular complexity index is 346. The van der Waals surface area contributed by atoms with Gasteiger partial charge >= 0.3 is 0 Å². The number of benzene rings is 1. The maximum Gasteiger partial charge on any atom is 0.165 e. The van der Waals surface area contributed by atoms with Crippen molar-refractivity contribution in [2.24, 2.45) is 5.73 Å². The molecule has 0 unspecified atom stereocenters. The van der Waals surface area contributed by atoms with E-state index >= 15 is 0 Å². The number of ketones is 1. The Hall–Kier alpha value is -1.55. The van der Waals surface area contributed by atoms with Crippen LogP contribution in [0.4, 0.5) is 11.4 Å². The van der Waals surface area contributed by atoms with E-state index in [1.54, 1.807) is 0 Å². The third kappa shape index (κ3) is 3.24. The molecule has 0 radical (unpaired) electrons. The summed E-state index contributed by atoms with van der Waals surface area (Å²) in [6, 6.07) is 8.05. The van der Waals surface area contributed by atoms with Crippen LogP contribution in [0.3, 0.4) is 0 Å². The van der Waals surface area contributed by atoms with Gasteiger partial charge in [0.2, 0.25) is 0 Å². The van der Waals surface area contributed by atoms with E-state index in [2.05, 4.69) is 0 Å². The Morgan fingerprint density at radius 2 is 1.62 bits per heavy atom. The fraction of sp³-hybridized carbons (Fsp3) is 0.417. The van der Waals surface area contributed by atoms with Gasteiger partial charge < -0.3 is 15.5 Å². The van der Waals surface area contributed by atoms with Crippen LogP contribution < -0.4 is 15.5 Å². The summed E-state index contributed by atoms with van der Waals surface area (Å²) in [7, 11) is 5.88. The maximum atomic E-state index is 11.2. The molecule has 0 amide bonds. The molecule has 1 aromatic rings. The third-order valence-corrected chi connectivity index (χ3v) is 2.45. The molecule has 0 aliphatic rings. The van der Waals surface area contributed by atoms with Crippen LogP contribution in [0, 0.1) is 0 Å². The second-order valence-electron chi connectivity index (χ2n) is 4.01. The number of hydrogen-bond donors (Lipinski definition) is 1. The van der Waals surface area contributed by atoms with Crippen LogP contribution in [0.2, 0.25) is 0 Å². The summed E-state index contributed by atoms with van der Waals surface area (Å²) in [5, 5.41) is 0. The summed E-state index contributed by atoms with van der Waals surface area (Å²) in [6.45, 7) is 0.456. The van der Waals surface area contributed by atoms with Gasteiger partial charge in [-0.05, 0) is 24.3 Å². The van der Waals surface area contributed by atoms with Crippen molar-refractivity contribution in [3.63, 3.8) is 0 Å². The van der Waals surface area contributed by atoms with E-state index in [0.717, 1.165) is 11.4 Å². The van der Waals surface area contributed by atoms with Gasteiger partial charge in [-0.3, -0.25) is 4.79 Å². The zero-order valence-electron chi connectivity index (χ0n) is 10.1. The van der Waals surface area contributed by atoms with Crippen LogP contribution in [0.1, 0.15) is 0 Å². The Balaban J connectivity index is 2.70. The molecule has 0 aromatic heterocycles. The smallest absolute Gasteiger partial charge is 0.165 e. The van der Waals surface area contributed by atoms with Gasteiger partial charge in [-0.1, -0.05) is 0 Å². The van der Waals surface area contributed by atoms with Crippen LogP contribution >= 0.6 is 0 Å². The maximum absolute atomic E-state index is 11.2. The molecule has 0 aliphatic heterocycles. The highest BCUT2D eigenvalue weighted by atomic mass is 16.1. The number of nitrogens with two attached hydrogens (primary N) is 1. The van der Waals surface area contributed by atoms with Crippen LogP contribution in [0.25, 0.3) is 0 Å². The van der Waals surface area contributed by atoms with E-state index in [1.807, 2.05) is 55.2 Å². The fourth-order valence-corrected chi connectivity index (χ4v) is 1.43. The van der Waals surface area contributed by atoms with Gasteiger partial charge in [0.15, 0.2) is 5.78 Å². The summed E-state index contributed by atoms with van der Waals surface area (Å²) in [6.07, 6.45) is 0. The Labute approximate surface area is 96.6 Å². The number of nitrogens with zero attached hydrogens (tertiary/aromatic N) is 2. The van der Waals surface area contributed by atoms with E-state index < -0.39 is 0 Å². The summed E-state index contributed by atoms with van der Waals surface area (Å²) in [4.78, 5) is 15.1. The number of carbonyl (C=O) groups is 1. The van der Waals surface area contributed by atoms with Crippen molar-refractivity contribution in [1.29, 1.82) is 0 Å². The van der Waals surface area contributed by atoms with Gasteiger partial charge in [-0.25, -0.2) is 0 Å². The number of rotatable bonds is 5. The number of hydrogen-bond acceptors (Lipinski definition) is 4. The van der Waals surface area contributed by atoms with E-state index in [0.29, 0.717) is 6.54 Å². The van der Waals surface area contributed by atoms with Crippen molar-refractivity contribution in [2.75, 3.05) is 44.0 Å². The summed E-state index contributed by atoms with van der Waals surface area (Å²) in [5.41, 5.74) is 7.44. The molecule has 0 heterocycles. The number of anilines is 2. The summed E-state index contributed by atoms with van der Waals surface area (Å²) in [5.74, 6) is 0.0409. The first-order valence-corrected chi connectivity index (χ1v) is 5.25. The predicted molar refractivity (Wildman–Crippen MR) is 68.1 cm³/mol. The lowest BCUT2D eigenvalue weighted by atomic mass is 10.2. The highest BCUT2D eigenvalue weighted by molar-refractivity contribution is 5.85. The number of Topliss-reactive ketones (excluding diaryl/α,β-unsaturated/α-hetero) is 1. The summed E-state index contributed by atoms with van der Waals surface area (Å²) < 4.78 is 0. The molecule has 0 fully saturated rings. The second-order valence-corrected chi connectivity index (χ2v) is 4.01. The molecule has 0 saturated carbocycles. The highest BCUT2D eigenvalue weighted by Gasteiger charge is 2.05. The molecule has 0 spiro atoms. The molecule has 1 rings (SSSR count). The van der Waals surface area contributed by atoms with Crippen LogP contribution in [0.5, 0.6) is 0 Å². The highest BCUT2D eigenvalue weighted by Crippen LogP contribution is 2.18. The van der Waals surface area contributed by atoms with Gasteiger partial charge in [0.05, 0.1) is 13.1 Å². The quantitative estimate of drug-likeness (QED) is 0.796. The first kappa shape index (κ1) is 12.5. The molecule has 16 heavy (non-hydrogen) atoms. The number of carbonyl (C=O) groups excluding carboxylic acids is 1. The van der Waals surface area contributed by atoms with E-state index in [1.165, 1.54) is 0 Å². The van der Waals surface area contributed by atoms with Crippen molar-refractivity contribution in [2.45, 2.75) is 0 Å². The van der Waals surface area contributed by atoms with E-state index in [9.17, 15) is 4.79 Å². The lowest BCUT2D eigenvalue weighted by Crippen LogP contribution is -2.30. The molecule has 88 valence electrons. The van der Waals surface area contributed by atoms with E-state index in [4.69, 9.17) is 5.73 Å². The molecule has 0 atom stereocenters. The molecule has 1 aromatic carbocycles. The van der Waals surface area contributed by atoms with Crippen LogP contribution in [-0.4, -0.2) is 40.0 Å². The Morgan fingerprint density at radius 1 is 1.12 bits per heavy atom. The average molecular weight is 221 g/mol. The van der Waals surface area contributed by atoms with Crippen molar-refractivity contribution < 1.29 is 4.79 Å². The van der Waals surface area contributed by atoms with Crippen molar-refractivity contribution in [3.8, 4) is 0 Å². The largest absolute Gasteiger partial charge is 0.378 e. The average Bonchev–Trinajstić information content (AvgIpc) is 2.28. The standard InChI is InChI=1S/C12H19N3O/c1-14(2)10-4-6-11(7-5-10)15(3)9-12(16)8-13/h4-7H,8-9,13H2,1-3H3. The second kappa shape index (κ2) is 5.51. The minimum Gasteiger partial charge on any atom is -0.378 e. The van der Waals surface area contributed by atoms with Gasteiger partial charge in [0, 0.05) is 32.5 Å². The van der Waals surface area contributed by atoms with Crippen LogP contribution in [-0.2, 0) is 4.79 Å². The Morgan fingerprint density at radius 3 is 2.06 bits per heavy atom. The molecular weight excluding hydrogens is 202 g/mol. The topological polar surface area (TPSA) is 49.6 Å². The predicted octanol–water partition coefficient (Wildman–Crippen LogP) is 0.717. The third-order valence-electron chi connectivity index (χ3n) is 2.45. The normalized spacial score (nSPS) is 10.0. The molecule has 2 N–H and O–H groups in total. The SMILES string of the molecule is CN(C)c1ccc(N(C)CC(=O)CN)cc1. The van der Waals surface area contributed by atoms with Gasteiger partial charge in [0.1, 0.15) is 0 Å². The number of likely N-dealkylation sites (N-methyl/N-ethyl adjacent to an activating group) is 1. The van der Waals surface area contributed by atoms with Crippen molar-refractivity contribution in [1.82, 2.24) is 0 Å². The molecule has 0 aliphatic carbocycles. The van der Waals surface area contributed by atoms with Crippen molar-refractivity contribution >= 4 is 17.2 Å². The van der Waals surface area contributed by atoms with Gasteiger partial charge in [-0.2, -0.15) is 0 Å². The molecule has 4 heteroatoms. The first-order chi connectivity index (χ1) is 7.54. The van der Waals surface area contributed by atoms with Gasteiger partial charge in [0.25, 0.3) is 0 Å². The zero-order valence-corrected chi connectivity index (χ0v) is 10.1. The molecule has 0 saturated heterocycles. The Kier molecular flexibility index (Phi) is 4.31. The lowest BCUT2D eigenvalue weighted by molar-refractivity contribution is -0.116. The lowest BCUT2D eigenvalue weighted by Gasteiger charge is -2.19. The minimum absolute atomic E-state index is 0.0409.